The van der Waals surface area contributed by atoms with Gasteiger partial charge in [-0.05, 0) is 43.6 Å². The van der Waals surface area contributed by atoms with Gasteiger partial charge in [0.05, 0.1) is 7.11 Å². The first-order chi connectivity index (χ1) is 9.20. The summed E-state index contributed by atoms with van der Waals surface area (Å²) in [5, 5.41) is 0. The van der Waals surface area contributed by atoms with Gasteiger partial charge >= 0.3 is 0 Å². The Hall–Kier alpha value is -1.22. The van der Waals surface area contributed by atoms with Crippen molar-refractivity contribution in [2.45, 2.75) is 43.7 Å². The maximum absolute atomic E-state index is 6.47. The summed E-state index contributed by atoms with van der Waals surface area (Å²) < 4.78 is 11.8. The van der Waals surface area contributed by atoms with Gasteiger partial charge in [0.1, 0.15) is 17.1 Å². The normalized spacial score (nSPS) is 39.2. The van der Waals surface area contributed by atoms with Gasteiger partial charge in [0, 0.05) is 24.1 Å². The number of rotatable bonds is 1. The average molecular weight is 259 g/mol. The molecule has 2 N–H and O–H groups in total. The topological polar surface area (TPSA) is 44.5 Å². The van der Waals surface area contributed by atoms with Crippen molar-refractivity contribution in [1.29, 1.82) is 0 Å². The summed E-state index contributed by atoms with van der Waals surface area (Å²) in [6.45, 7) is 0. The molecule has 1 aromatic rings. The second kappa shape index (κ2) is 3.89. The zero-order valence-electron chi connectivity index (χ0n) is 11.4. The quantitative estimate of drug-likeness (QED) is 0.843. The minimum absolute atomic E-state index is 0.0156. The SMILES string of the molecule is COc1ccc2c(c1)OC1(CC3CCC1C3)C[C@H]2N. The Kier molecular flexibility index (Phi) is 2.37. The number of fused-ring (bicyclic) bond motifs is 4. The van der Waals surface area contributed by atoms with Crippen molar-refractivity contribution >= 4 is 0 Å². The minimum atomic E-state index is 0.0156. The van der Waals surface area contributed by atoms with E-state index in [2.05, 4.69) is 6.07 Å². The molecular weight excluding hydrogens is 238 g/mol. The predicted molar refractivity (Wildman–Crippen MR) is 73.3 cm³/mol. The lowest BCUT2D eigenvalue weighted by atomic mass is 9.76. The van der Waals surface area contributed by atoms with Crippen LogP contribution in [0.3, 0.4) is 0 Å². The van der Waals surface area contributed by atoms with E-state index in [9.17, 15) is 0 Å². The smallest absolute Gasteiger partial charge is 0.128 e. The largest absolute Gasteiger partial charge is 0.497 e. The number of ether oxygens (including phenoxy) is 2. The molecule has 2 bridgehead atoms. The highest BCUT2D eigenvalue weighted by Gasteiger charge is 2.55. The molecule has 1 spiro atoms. The van der Waals surface area contributed by atoms with E-state index < -0.39 is 0 Å². The van der Waals surface area contributed by atoms with Crippen LogP contribution in [0.2, 0.25) is 0 Å². The molecule has 102 valence electrons. The van der Waals surface area contributed by atoms with Crippen molar-refractivity contribution in [2.24, 2.45) is 17.6 Å². The number of hydrogen-bond donors (Lipinski definition) is 1. The van der Waals surface area contributed by atoms with Gasteiger partial charge in [0.15, 0.2) is 0 Å². The van der Waals surface area contributed by atoms with Crippen LogP contribution in [0, 0.1) is 11.8 Å². The summed E-state index contributed by atoms with van der Waals surface area (Å²) in [7, 11) is 1.69. The molecule has 3 heteroatoms. The standard InChI is InChI=1S/C16H21NO2/c1-18-12-4-5-13-14(17)9-16(19-15(13)7-12)8-10-2-3-11(16)6-10/h4-5,7,10-11,14H,2-3,6,8-9,17H2,1H3/t10?,11?,14-,16?/m1/s1. The summed E-state index contributed by atoms with van der Waals surface area (Å²) in [5.74, 6) is 3.38. The van der Waals surface area contributed by atoms with Gasteiger partial charge in [-0.15, -0.1) is 0 Å². The van der Waals surface area contributed by atoms with Crippen LogP contribution in [0.1, 0.15) is 43.7 Å². The lowest BCUT2D eigenvalue weighted by molar-refractivity contribution is -0.0142. The number of methoxy groups -OCH3 is 1. The van der Waals surface area contributed by atoms with Crippen molar-refractivity contribution in [3.8, 4) is 11.5 Å². The fraction of sp³-hybridized carbons (Fsp3) is 0.625. The van der Waals surface area contributed by atoms with Gasteiger partial charge in [-0.2, -0.15) is 0 Å². The molecular formula is C16H21NO2. The first kappa shape index (κ1) is 11.6. The van der Waals surface area contributed by atoms with Crippen LogP contribution in [0.5, 0.6) is 11.5 Å². The third-order valence-corrected chi connectivity index (χ3v) is 5.42. The molecule has 3 nitrogen and oxygen atoms in total. The molecule has 1 aliphatic heterocycles. The molecule has 19 heavy (non-hydrogen) atoms. The van der Waals surface area contributed by atoms with Crippen LogP contribution in [-0.4, -0.2) is 12.7 Å². The summed E-state index contributed by atoms with van der Waals surface area (Å²) in [6, 6.07) is 6.14. The first-order valence-electron chi connectivity index (χ1n) is 7.33. The Morgan fingerprint density at radius 1 is 1.32 bits per heavy atom. The summed E-state index contributed by atoms with van der Waals surface area (Å²) in [5.41, 5.74) is 7.55. The Bertz CT molecular complexity index is 515. The third kappa shape index (κ3) is 1.61. The maximum Gasteiger partial charge on any atom is 0.128 e. The van der Waals surface area contributed by atoms with Crippen LogP contribution >= 0.6 is 0 Å². The fourth-order valence-corrected chi connectivity index (χ4v) is 4.55. The van der Waals surface area contributed by atoms with Crippen LogP contribution < -0.4 is 15.2 Å². The zero-order chi connectivity index (χ0) is 13.0. The summed E-state index contributed by atoms with van der Waals surface area (Å²) >= 11 is 0. The molecule has 4 rings (SSSR count). The average Bonchev–Trinajstić information content (AvgIpc) is 2.98. The van der Waals surface area contributed by atoms with Crippen molar-refractivity contribution in [3.63, 3.8) is 0 Å². The maximum atomic E-state index is 6.47. The Balaban J connectivity index is 1.73. The lowest BCUT2D eigenvalue weighted by Gasteiger charge is -2.44. The molecule has 2 aliphatic carbocycles. The van der Waals surface area contributed by atoms with E-state index in [4.69, 9.17) is 15.2 Å². The number of hydrogen-bond acceptors (Lipinski definition) is 3. The van der Waals surface area contributed by atoms with E-state index >= 15 is 0 Å². The van der Waals surface area contributed by atoms with Gasteiger partial charge in [0.25, 0.3) is 0 Å². The minimum Gasteiger partial charge on any atom is -0.497 e. The van der Waals surface area contributed by atoms with E-state index in [1.807, 2.05) is 12.1 Å². The van der Waals surface area contributed by atoms with E-state index in [0.29, 0.717) is 5.92 Å². The molecule has 0 saturated heterocycles. The molecule has 1 heterocycles. The second-order valence-electron chi connectivity index (χ2n) is 6.46. The number of benzene rings is 1. The monoisotopic (exact) mass is 259 g/mol. The molecule has 3 aliphatic rings. The van der Waals surface area contributed by atoms with E-state index in [1.165, 1.54) is 25.7 Å². The molecule has 3 unspecified atom stereocenters. The van der Waals surface area contributed by atoms with Crippen LogP contribution in [0.15, 0.2) is 18.2 Å². The number of nitrogens with two attached hydrogens (primary N) is 1. The summed E-state index contributed by atoms with van der Waals surface area (Å²) in [4.78, 5) is 0. The molecule has 4 atom stereocenters. The van der Waals surface area contributed by atoms with Crippen molar-refractivity contribution in [2.75, 3.05) is 7.11 Å². The van der Waals surface area contributed by atoms with Gasteiger partial charge in [-0.25, -0.2) is 0 Å². The predicted octanol–water partition coefficient (Wildman–Crippen LogP) is 3.04. The molecule has 0 radical (unpaired) electrons. The van der Waals surface area contributed by atoms with Crippen molar-refractivity contribution in [1.82, 2.24) is 0 Å². The van der Waals surface area contributed by atoms with Gasteiger partial charge < -0.3 is 15.2 Å². The van der Waals surface area contributed by atoms with E-state index in [1.54, 1.807) is 7.11 Å². The van der Waals surface area contributed by atoms with Gasteiger partial charge in [-0.1, -0.05) is 6.07 Å². The molecule has 0 aromatic heterocycles. The first-order valence-corrected chi connectivity index (χ1v) is 7.33. The van der Waals surface area contributed by atoms with Gasteiger partial charge in [-0.3, -0.25) is 0 Å². The highest BCUT2D eigenvalue weighted by molar-refractivity contribution is 5.45. The van der Waals surface area contributed by atoms with Crippen LogP contribution in [0.25, 0.3) is 0 Å². The Labute approximate surface area is 114 Å². The highest BCUT2D eigenvalue weighted by Crippen LogP contribution is 2.57. The highest BCUT2D eigenvalue weighted by atomic mass is 16.5. The molecule has 0 amide bonds. The summed E-state index contributed by atoms with van der Waals surface area (Å²) in [6.07, 6.45) is 6.22. The fourth-order valence-electron chi connectivity index (χ4n) is 4.55. The van der Waals surface area contributed by atoms with Crippen LogP contribution in [-0.2, 0) is 0 Å². The van der Waals surface area contributed by atoms with Gasteiger partial charge in [0.2, 0.25) is 0 Å². The van der Waals surface area contributed by atoms with Crippen molar-refractivity contribution in [3.05, 3.63) is 23.8 Å². The Morgan fingerprint density at radius 3 is 2.89 bits per heavy atom. The lowest BCUT2D eigenvalue weighted by Crippen LogP contribution is -2.47. The Morgan fingerprint density at radius 2 is 2.21 bits per heavy atom. The van der Waals surface area contributed by atoms with Crippen LogP contribution in [0.4, 0.5) is 0 Å². The second-order valence-corrected chi connectivity index (χ2v) is 6.46. The zero-order valence-corrected chi connectivity index (χ0v) is 11.4. The molecule has 1 aromatic carbocycles. The molecule has 2 saturated carbocycles. The van der Waals surface area contributed by atoms with Crippen molar-refractivity contribution < 1.29 is 9.47 Å². The third-order valence-electron chi connectivity index (χ3n) is 5.42. The van der Waals surface area contributed by atoms with E-state index in [0.717, 1.165) is 29.4 Å². The van der Waals surface area contributed by atoms with E-state index in [-0.39, 0.29) is 11.6 Å². The molecule has 2 fully saturated rings.